The lowest BCUT2D eigenvalue weighted by Gasteiger charge is -2.10. The predicted octanol–water partition coefficient (Wildman–Crippen LogP) is 5.22. The molecule has 2 rings (SSSR count). The average Bonchev–Trinajstić information content (AvgIpc) is 2.34. The molecule has 0 aliphatic rings. The van der Waals surface area contributed by atoms with Crippen molar-refractivity contribution in [2.45, 2.75) is 6.92 Å². The molecule has 0 heterocycles. The minimum absolute atomic E-state index is 0.0365. The molecule has 4 nitrogen and oxygen atoms in total. The van der Waals surface area contributed by atoms with Gasteiger partial charge in [0.15, 0.2) is 5.75 Å². The van der Waals surface area contributed by atoms with E-state index in [9.17, 15) is 10.1 Å². The second kappa shape index (κ2) is 5.71. The Hall–Kier alpha value is -1.40. The SMILES string of the molecule is Cc1cc(Br)c(Oc2ccc([N+](=O)[O-])cc2)c(Br)c1. The minimum Gasteiger partial charge on any atom is -0.455 e. The van der Waals surface area contributed by atoms with E-state index in [1.54, 1.807) is 12.1 Å². The molecule has 2 aromatic rings. The zero-order valence-electron chi connectivity index (χ0n) is 9.89. The fraction of sp³-hybridized carbons (Fsp3) is 0.0769. The highest BCUT2D eigenvalue weighted by molar-refractivity contribution is 9.11. The minimum atomic E-state index is -0.443. The van der Waals surface area contributed by atoms with Crippen LogP contribution in [-0.2, 0) is 0 Å². The second-order valence-electron chi connectivity index (χ2n) is 3.91. The van der Waals surface area contributed by atoms with Gasteiger partial charge in [0, 0.05) is 12.1 Å². The van der Waals surface area contributed by atoms with Crippen LogP contribution in [0.5, 0.6) is 11.5 Å². The molecule has 0 fully saturated rings. The number of halogens is 2. The number of benzene rings is 2. The summed E-state index contributed by atoms with van der Waals surface area (Å²) in [5.41, 5.74) is 1.13. The highest BCUT2D eigenvalue weighted by atomic mass is 79.9. The standard InChI is InChI=1S/C13H9Br2NO3/c1-8-6-11(14)13(12(15)7-8)19-10-4-2-9(3-5-10)16(17)18/h2-7H,1H3. The van der Waals surface area contributed by atoms with E-state index in [1.165, 1.54) is 12.1 Å². The van der Waals surface area contributed by atoms with Gasteiger partial charge in [-0.15, -0.1) is 0 Å². The average molecular weight is 387 g/mol. The summed E-state index contributed by atoms with van der Waals surface area (Å²) in [7, 11) is 0. The summed E-state index contributed by atoms with van der Waals surface area (Å²) in [6.45, 7) is 1.98. The van der Waals surface area contributed by atoms with Gasteiger partial charge in [-0.1, -0.05) is 0 Å². The highest BCUT2D eigenvalue weighted by Crippen LogP contribution is 2.37. The molecule has 2 aromatic carbocycles. The smallest absolute Gasteiger partial charge is 0.269 e. The molecule has 0 spiro atoms. The van der Waals surface area contributed by atoms with Crippen LogP contribution in [0.15, 0.2) is 45.3 Å². The quantitative estimate of drug-likeness (QED) is 0.536. The van der Waals surface area contributed by atoms with Crippen molar-refractivity contribution in [3.63, 3.8) is 0 Å². The third-order valence-electron chi connectivity index (χ3n) is 2.41. The van der Waals surface area contributed by atoms with Crippen LogP contribution in [0, 0.1) is 17.0 Å². The van der Waals surface area contributed by atoms with Crippen molar-refractivity contribution in [2.75, 3.05) is 0 Å². The molecule has 0 atom stereocenters. The molecule has 0 aliphatic heterocycles. The van der Waals surface area contributed by atoms with Gasteiger partial charge in [-0.25, -0.2) is 0 Å². The first-order valence-corrected chi connectivity index (χ1v) is 6.94. The molecular formula is C13H9Br2NO3. The zero-order chi connectivity index (χ0) is 14.0. The van der Waals surface area contributed by atoms with E-state index >= 15 is 0 Å². The third kappa shape index (κ3) is 3.33. The Balaban J connectivity index is 2.29. The van der Waals surface area contributed by atoms with Crippen LogP contribution in [0.2, 0.25) is 0 Å². The van der Waals surface area contributed by atoms with Crippen LogP contribution in [0.1, 0.15) is 5.56 Å². The van der Waals surface area contributed by atoms with E-state index in [0.29, 0.717) is 11.5 Å². The molecular weight excluding hydrogens is 378 g/mol. The van der Waals surface area contributed by atoms with Gasteiger partial charge in [0.05, 0.1) is 13.9 Å². The van der Waals surface area contributed by atoms with Crippen molar-refractivity contribution >= 4 is 37.5 Å². The number of hydrogen-bond donors (Lipinski definition) is 0. The molecule has 0 saturated carbocycles. The van der Waals surface area contributed by atoms with E-state index in [2.05, 4.69) is 31.9 Å². The van der Waals surface area contributed by atoms with Gasteiger partial charge in [0.25, 0.3) is 5.69 Å². The first-order valence-electron chi connectivity index (χ1n) is 5.35. The van der Waals surface area contributed by atoms with Gasteiger partial charge in [-0.05, 0) is 68.6 Å². The van der Waals surface area contributed by atoms with Gasteiger partial charge >= 0.3 is 0 Å². The summed E-state index contributed by atoms with van der Waals surface area (Å²) >= 11 is 6.86. The highest BCUT2D eigenvalue weighted by Gasteiger charge is 2.10. The van der Waals surface area contributed by atoms with E-state index in [1.807, 2.05) is 19.1 Å². The summed E-state index contributed by atoms with van der Waals surface area (Å²) in [4.78, 5) is 10.1. The molecule has 0 bridgehead atoms. The summed E-state index contributed by atoms with van der Waals surface area (Å²) in [5, 5.41) is 10.6. The molecule has 19 heavy (non-hydrogen) atoms. The van der Waals surface area contributed by atoms with Crippen molar-refractivity contribution in [3.8, 4) is 11.5 Å². The maximum absolute atomic E-state index is 10.6. The molecule has 0 aliphatic carbocycles. The normalized spacial score (nSPS) is 10.3. The predicted molar refractivity (Wildman–Crippen MR) is 79.7 cm³/mol. The van der Waals surface area contributed by atoms with Crippen LogP contribution in [0.25, 0.3) is 0 Å². The Morgan fingerprint density at radius 2 is 1.63 bits per heavy atom. The maximum Gasteiger partial charge on any atom is 0.269 e. The number of rotatable bonds is 3. The molecule has 6 heteroatoms. The van der Waals surface area contributed by atoms with E-state index in [4.69, 9.17) is 4.74 Å². The van der Waals surface area contributed by atoms with Gasteiger partial charge in [0.1, 0.15) is 5.75 Å². The number of aryl methyl sites for hydroxylation is 1. The number of ether oxygens (including phenoxy) is 1. The van der Waals surface area contributed by atoms with Gasteiger partial charge in [0.2, 0.25) is 0 Å². The maximum atomic E-state index is 10.6. The van der Waals surface area contributed by atoms with Crippen LogP contribution < -0.4 is 4.74 Å². The van der Waals surface area contributed by atoms with Crippen molar-refractivity contribution < 1.29 is 9.66 Å². The lowest BCUT2D eigenvalue weighted by molar-refractivity contribution is -0.384. The lowest BCUT2D eigenvalue weighted by Crippen LogP contribution is -1.90. The Morgan fingerprint density at radius 1 is 1.11 bits per heavy atom. The molecule has 0 unspecified atom stereocenters. The number of nitro benzene ring substituents is 1. The molecule has 0 amide bonds. The molecule has 0 radical (unpaired) electrons. The molecule has 98 valence electrons. The van der Waals surface area contributed by atoms with Gasteiger partial charge < -0.3 is 4.74 Å². The second-order valence-corrected chi connectivity index (χ2v) is 5.62. The number of non-ortho nitro benzene ring substituents is 1. The van der Waals surface area contributed by atoms with E-state index in [-0.39, 0.29) is 5.69 Å². The first kappa shape index (κ1) is 14.0. The number of hydrogen-bond acceptors (Lipinski definition) is 3. The summed E-state index contributed by atoms with van der Waals surface area (Å²) < 4.78 is 7.35. The molecule has 0 aromatic heterocycles. The van der Waals surface area contributed by atoms with Gasteiger partial charge in [-0.3, -0.25) is 10.1 Å². The van der Waals surface area contributed by atoms with Crippen LogP contribution in [0.4, 0.5) is 5.69 Å². The first-order chi connectivity index (χ1) is 8.97. The van der Waals surface area contributed by atoms with Gasteiger partial charge in [-0.2, -0.15) is 0 Å². The Morgan fingerprint density at radius 3 is 2.11 bits per heavy atom. The fourth-order valence-corrected chi connectivity index (χ4v) is 3.12. The Kier molecular flexibility index (Phi) is 4.21. The van der Waals surface area contributed by atoms with Crippen LogP contribution in [-0.4, -0.2) is 4.92 Å². The van der Waals surface area contributed by atoms with Crippen molar-refractivity contribution in [1.29, 1.82) is 0 Å². The topological polar surface area (TPSA) is 52.4 Å². The number of nitrogens with zero attached hydrogens (tertiary/aromatic N) is 1. The largest absolute Gasteiger partial charge is 0.455 e. The summed E-state index contributed by atoms with van der Waals surface area (Å²) in [5.74, 6) is 1.18. The monoisotopic (exact) mass is 385 g/mol. The Labute approximate surface area is 126 Å². The summed E-state index contributed by atoms with van der Waals surface area (Å²) in [6.07, 6.45) is 0. The number of nitro groups is 1. The molecule has 0 saturated heterocycles. The van der Waals surface area contributed by atoms with Crippen molar-refractivity contribution in [1.82, 2.24) is 0 Å². The summed E-state index contributed by atoms with van der Waals surface area (Å²) in [6, 6.07) is 9.82. The van der Waals surface area contributed by atoms with Crippen molar-refractivity contribution in [3.05, 3.63) is 61.0 Å². The fourth-order valence-electron chi connectivity index (χ4n) is 1.54. The zero-order valence-corrected chi connectivity index (χ0v) is 13.1. The van der Waals surface area contributed by atoms with Crippen LogP contribution in [0.3, 0.4) is 0 Å². The lowest BCUT2D eigenvalue weighted by atomic mass is 10.2. The van der Waals surface area contributed by atoms with Crippen LogP contribution >= 0.6 is 31.9 Å². The molecule has 0 N–H and O–H groups in total. The van der Waals surface area contributed by atoms with Crippen molar-refractivity contribution in [2.24, 2.45) is 0 Å². The van der Waals surface area contributed by atoms with E-state index < -0.39 is 4.92 Å². The third-order valence-corrected chi connectivity index (χ3v) is 3.59. The Bertz CT molecular complexity index is 603. The van der Waals surface area contributed by atoms with E-state index in [0.717, 1.165) is 14.5 Å².